The molecule has 1 aliphatic rings. The fourth-order valence-corrected chi connectivity index (χ4v) is 3.97. The molecule has 29 heavy (non-hydrogen) atoms. The Labute approximate surface area is 173 Å². The van der Waals surface area contributed by atoms with Gasteiger partial charge in [-0.25, -0.2) is 4.39 Å². The normalized spacial score (nSPS) is 15.3. The molecule has 0 spiro atoms. The van der Waals surface area contributed by atoms with Crippen LogP contribution in [-0.2, 0) is 17.9 Å². The lowest BCUT2D eigenvalue weighted by atomic mass is 9.95. The molecule has 0 aliphatic carbocycles. The minimum Gasteiger partial charge on any atom is -0.372 e. The Balaban J connectivity index is 1.43. The fraction of sp³-hybridized carbons (Fsp3) is 0.458. The Morgan fingerprint density at radius 3 is 2.34 bits per heavy atom. The average molecular weight is 398 g/mol. The SMILES string of the molecule is CCN(CC)c1ccc(CNC(=O)C2CCN(Cc3ccccc3F)CC2)cc1. The summed E-state index contributed by atoms with van der Waals surface area (Å²) in [5.74, 6) is 0.0181. The minimum atomic E-state index is -0.153. The van der Waals surface area contributed by atoms with E-state index in [0.717, 1.165) is 50.1 Å². The van der Waals surface area contributed by atoms with Gasteiger partial charge in [-0.2, -0.15) is 0 Å². The van der Waals surface area contributed by atoms with Crippen molar-refractivity contribution in [2.45, 2.75) is 39.8 Å². The molecular formula is C24H32FN3O. The summed E-state index contributed by atoms with van der Waals surface area (Å²) in [6, 6.07) is 15.3. The lowest BCUT2D eigenvalue weighted by Crippen LogP contribution is -2.40. The van der Waals surface area contributed by atoms with Gasteiger partial charge in [0, 0.05) is 43.3 Å². The largest absolute Gasteiger partial charge is 0.372 e. The van der Waals surface area contributed by atoms with Crippen molar-refractivity contribution in [3.8, 4) is 0 Å². The second-order valence-electron chi connectivity index (χ2n) is 7.70. The number of likely N-dealkylation sites (tertiary alicyclic amines) is 1. The number of benzene rings is 2. The van der Waals surface area contributed by atoms with E-state index in [1.807, 2.05) is 12.1 Å². The van der Waals surface area contributed by atoms with Crippen LogP contribution in [-0.4, -0.2) is 37.0 Å². The van der Waals surface area contributed by atoms with Crippen molar-refractivity contribution in [1.82, 2.24) is 10.2 Å². The van der Waals surface area contributed by atoms with E-state index in [2.05, 4.69) is 53.2 Å². The quantitative estimate of drug-likeness (QED) is 0.725. The van der Waals surface area contributed by atoms with E-state index in [9.17, 15) is 9.18 Å². The maximum absolute atomic E-state index is 13.8. The van der Waals surface area contributed by atoms with E-state index in [4.69, 9.17) is 0 Å². The van der Waals surface area contributed by atoms with Gasteiger partial charge in [0.1, 0.15) is 5.82 Å². The summed E-state index contributed by atoms with van der Waals surface area (Å²) in [5, 5.41) is 3.09. The molecular weight excluding hydrogens is 365 g/mol. The first-order chi connectivity index (χ1) is 14.1. The summed E-state index contributed by atoms with van der Waals surface area (Å²) in [6.07, 6.45) is 1.64. The van der Waals surface area contributed by atoms with Crippen LogP contribution in [0, 0.1) is 11.7 Å². The van der Waals surface area contributed by atoms with Gasteiger partial charge in [-0.1, -0.05) is 30.3 Å². The summed E-state index contributed by atoms with van der Waals surface area (Å²) in [6.45, 7) is 9.10. The molecule has 1 aliphatic heterocycles. The first-order valence-electron chi connectivity index (χ1n) is 10.7. The lowest BCUT2D eigenvalue weighted by Gasteiger charge is -2.31. The molecule has 0 radical (unpaired) electrons. The standard InChI is InChI=1S/C24H32FN3O/c1-3-28(4-2)22-11-9-19(10-12-22)17-26-24(29)20-13-15-27(16-14-20)18-21-7-5-6-8-23(21)25/h5-12,20H,3-4,13-18H2,1-2H3,(H,26,29). The maximum atomic E-state index is 13.8. The number of anilines is 1. The molecule has 1 amide bonds. The van der Waals surface area contributed by atoms with E-state index >= 15 is 0 Å². The van der Waals surface area contributed by atoms with E-state index in [-0.39, 0.29) is 17.6 Å². The molecule has 0 aromatic heterocycles. The zero-order chi connectivity index (χ0) is 20.6. The van der Waals surface area contributed by atoms with Crippen LogP contribution >= 0.6 is 0 Å². The predicted molar refractivity (Wildman–Crippen MR) is 116 cm³/mol. The topological polar surface area (TPSA) is 35.6 Å². The first kappa shape index (κ1) is 21.3. The Morgan fingerprint density at radius 2 is 1.72 bits per heavy atom. The second-order valence-corrected chi connectivity index (χ2v) is 7.70. The number of nitrogens with zero attached hydrogens (tertiary/aromatic N) is 2. The molecule has 0 bridgehead atoms. The first-order valence-corrected chi connectivity index (χ1v) is 10.7. The van der Waals surface area contributed by atoms with Crippen molar-refractivity contribution in [3.05, 3.63) is 65.5 Å². The van der Waals surface area contributed by atoms with Gasteiger partial charge in [0.15, 0.2) is 0 Å². The van der Waals surface area contributed by atoms with Crippen LogP contribution in [0.4, 0.5) is 10.1 Å². The number of piperidine rings is 1. The molecule has 2 aromatic carbocycles. The molecule has 5 heteroatoms. The number of nitrogens with one attached hydrogen (secondary N) is 1. The van der Waals surface area contributed by atoms with E-state index in [1.165, 1.54) is 11.8 Å². The molecule has 1 heterocycles. The molecule has 4 nitrogen and oxygen atoms in total. The van der Waals surface area contributed by atoms with Crippen LogP contribution in [0.2, 0.25) is 0 Å². The third-order valence-corrected chi connectivity index (χ3v) is 5.84. The third-order valence-electron chi connectivity index (χ3n) is 5.84. The predicted octanol–water partition coefficient (Wildman–Crippen LogP) is 4.20. The highest BCUT2D eigenvalue weighted by Gasteiger charge is 2.25. The van der Waals surface area contributed by atoms with E-state index in [1.54, 1.807) is 6.07 Å². The van der Waals surface area contributed by atoms with Gasteiger partial charge in [-0.15, -0.1) is 0 Å². The zero-order valence-electron chi connectivity index (χ0n) is 17.5. The highest BCUT2D eigenvalue weighted by Crippen LogP contribution is 2.21. The zero-order valence-corrected chi connectivity index (χ0v) is 17.5. The molecule has 0 atom stereocenters. The number of amides is 1. The van der Waals surface area contributed by atoms with Crippen molar-refractivity contribution in [3.63, 3.8) is 0 Å². The Kier molecular flexibility index (Phi) is 7.64. The van der Waals surface area contributed by atoms with Gasteiger partial charge < -0.3 is 10.2 Å². The number of hydrogen-bond acceptors (Lipinski definition) is 3. The third kappa shape index (κ3) is 5.80. The van der Waals surface area contributed by atoms with Crippen LogP contribution in [0.1, 0.15) is 37.8 Å². The molecule has 1 saturated heterocycles. The molecule has 0 unspecified atom stereocenters. The van der Waals surface area contributed by atoms with Crippen LogP contribution in [0.3, 0.4) is 0 Å². The number of carbonyl (C=O) groups is 1. The number of rotatable bonds is 8. The van der Waals surface area contributed by atoms with Gasteiger partial charge in [0.25, 0.3) is 0 Å². The molecule has 1 N–H and O–H groups in total. The summed E-state index contributed by atoms with van der Waals surface area (Å²) in [5.41, 5.74) is 3.06. The maximum Gasteiger partial charge on any atom is 0.223 e. The van der Waals surface area contributed by atoms with Gasteiger partial charge >= 0.3 is 0 Å². The van der Waals surface area contributed by atoms with Crippen LogP contribution in [0.15, 0.2) is 48.5 Å². The van der Waals surface area contributed by atoms with Gasteiger partial charge in [0.2, 0.25) is 5.91 Å². The highest BCUT2D eigenvalue weighted by molar-refractivity contribution is 5.78. The summed E-state index contributed by atoms with van der Waals surface area (Å²) < 4.78 is 13.8. The second kappa shape index (κ2) is 10.4. The van der Waals surface area contributed by atoms with Crippen molar-refractivity contribution in [2.24, 2.45) is 5.92 Å². The van der Waals surface area contributed by atoms with Crippen molar-refractivity contribution in [1.29, 1.82) is 0 Å². The van der Waals surface area contributed by atoms with E-state index < -0.39 is 0 Å². The summed E-state index contributed by atoms with van der Waals surface area (Å²) in [7, 11) is 0. The van der Waals surface area contributed by atoms with Gasteiger partial charge in [-0.3, -0.25) is 9.69 Å². The fourth-order valence-electron chi connectivity index (χ4n) is 3.97. The Morgan fingerprint density at radius 1 is 1.07 bits per heavy atom. The minimum absolute atomic E-state index is 0.0433. The van der Waals surface area contributed by atoms with E-state index in [0.29, 0.717) is 13.1 Å². The van der Waals surface area contributed by atoms with Gasteiger partial charge in [-0.05, 0) is 63.5 Å². The summed E-state index contributed by atoms with van der Waals surface area (Å²) >= 11 is 0. The smallest absolute Gasteiger partial charge is 0.223 e. The Bertz CT molecular complexity index is 781. The molecule has 0 saturated carbocycles. The monoisotopic (exact) mass is 397 g/mol. The van der Waals surface area contributed by atoms with Gasteiger partial charge in [0.05, 0.1) is 0 Å². The van der Waals surface area contributed by atoms with Crippen molar-refractivity contribution < 1.29 is 9.18 Å². The number of carbonyl (C=O) groups excluding carboxylic acids is 1. The summed E-state index contributed by atoms with van der Waals surface area (Å²) in [4.78, 5) is 17.1. The molecule has 1 fully saturated rings. The van der Waals surface area contributed by atoms with Crippen molar-refractivity contribution in [2.75, 3.05) is 31.1 Å². The average Bonchev–Trinajstić information content (AvgIpc) is 2.76. The molecule has 3 rings (SSSR count). The van der Waals surface area contributed by atoms with Crippen molar-refractivity contribution >= 4 is 11.6 Å². The van der Waals surface area contributed by atoms with Crippen LogP contribution in [0.25, 0.3) is 0 Å². The lowest BCUT2D eigenvalue weighted by molar-refractivity contribution is -0.126. The molecule has 2 aromatic rings. The highest BCUT2D eigenvalue weighted by atomic mass is 19.1. The molecule has 156 valence electrons. The van der Waals surface area contributed by atoms with Crippen LogP contribution in [0.5, 0.6) is 0 Å². The Hall–Kier alpha value is -2.40. The number of hydrogen-bond donors (Lipinski definition) is 1. The number of halogens is 1. The van der Waals surface area contributed by atoms with Crippen LogP contribution < -0.4 is 10.2 Å².